The number of methoxy groups -OCH3 is 2. The summed E-state index contributed by atoms with van der Waals surface area (Å²) in [4.78, 5) is 16.1. The van der Waals surface area contributed by atoms with Gasteiger partial charge in [0.1, 0.15) is 5.82 Å². The van der Waals surface area contributed by atoms with Crippen LogP contribution in [0.5, 0.6) is 11.5 Å². The van der Waals surface area contributed by atoms with Crippen molar-refractivity contribution in [3.8, 4) is 23.0 Å². The van der Waals surface area contributed by atoms with Crippen LogP contribution in [0.25, 0.3) is 11.5 Å². The molecule has 0 saturated heterocycles. The molecule has 0 fully saturated rings. The van der Waals surface area contributed by atoms with E-state index in [4.69, 9.17) is 14.6 Å². The molecule has 1 aliphatic heterocycles. The number of carbonyl (C=O) groups excluding carboxylic acids is 1. The largest absolute Gasteiger partial charge is 0.493 e. The number of aryl methyl sites for hydroxylation is 2. The fourth-order valence-corrected chi connectivity index (χ4v) is 5.56. The standard InChI is InChI=1S/C33H33N5O3/c1-5-27-26-21-37(33(39)34-24-17-18-29(40-3)30(20-24)41-4)31(23-15-13-22(2)14-16-23)28-12-9-19-36(28)32(26)38(35-27)25-10-7-6-8-11-25/h6-20,31H,5,21H2,1-4H3,(H,34,39)/t31-/m0/s1. The van der Waals surface area contributed by atoms with Gasteiger partial charge in [-0.1, -0.05) is 55.0 Å². The first-order chi connectivity index (χ1) is 20.0. The zero-order valence-electron chi connectivity index (χ0n) is 23.7. The molecule has 0 radical (unpaired) electrons. The van der Waals surface area contributed by atoms with Gasteiger partial charge in [0, 0.05) is 23.5 Å². The van der Waals surface area contributed by atoms with Crippen LogP contribution in [0.2, 0.25) is 0 Å². The molecule has 1 aliphatic rings. The molecule has 1 N–H and O–H groups in total. The molecular formula is C33H33N5O3. The number of carbonyl (C=O) groups is 1. The van der Waals surface area contributed by atoms with E-state index < -0.39 is 0 Å². The summed E-state index contributed by atoms with van der Waals surface area (Å²) in [5, 5.41) is 8.16. The van der Waals surface area contributed by atoms with Crippen molar-refractivity contribution >= 4 is 11.7 Å². The summed E-state index contributed by atoms with van der Waals surface area (Å²) in [5.74, 6) is 2.09. The molecule has 5 aromatic rings. The molecule has 2 aromatic heterocycles. The van der Waals surface area contributed by atoms with Crippen LogP contribution in [0.4, 0.5) is 10.5 Å². The highest BCUT2D eigenvalue weighted by Gasteiger charge is 2.36. The van der Waals surface area contributed by atoms with E-state index in [0.717, 1.165) is 46.0 Å². The van der Waals surface area contributed by atoms with Gasteiger partial charge in [-0.3, -0.25) is 0 Å². The van der Waals surface area contributed by atoms with E-state index in [0.29, 0.717) is 23.7 Å². The number of rotatable bonds is 6. The van der Waals surface area contributed by atoms with E-state index in [2.05, 4.69) is 72.4 Å². The van der Waals surface area contributed by atoms with Crippen molar-refractivity contribution in [3.05, 3.63) is 119 Å². The number of anilines is 1. The third-order valence-corrected chi connectivity index (χ3v) is 7.59. The lowest BCUT2D eigenvalue weighted by Gasteiger charge is -2.31. The first-order valence-corrected chi connectivity index (χ1v) is 13.7. The van der Waals surface area contributed by atoms with Gasteiger partial charge >= 0.3 is 6.03 Å². The highest BCUT2D eigenvalue weighted by atomic mass is 16.5. The smallest absolute Gasteiger partial charge is 0.322 e. The Labute approximate surface area is 239 Å². The van der Waals surface area contributed by atoms with Gasteiger partial charge in [0.15, 0.2) is 11.5 Å². The normalized spacial score (nSPS) is 14.1. The summed E-state index contributed by atoms with van der Waals surface area (Å²) in [6, 6.07) is 27.5. The Bertz CT molecular complexity index is 1690. The SMILES string of the molecule is CCc1nn(-c2ccccc2)c2c1CN(C(=O)Nc1ccc(OC)c(OC)c1)[C@@H](c1ccc(C)cc1)c1cccn1-2. The van der Waals surface area contributed by atoms with Crippen LogP contribution in [0.3, 0.4) is 0 Å². The lowest BCUT2D eigenvalue weighted by Crippen LogP contribution is -2.38. The molecule has 1 atom stereocenters. The van der Waals surface area contributed by atoms with Crippen molar-refractivity contribution in [2.75, 3.05) is 19.5 Å². The van der Waals surface area contributed by atoms with Crippen molar-refractivity contribution in [1.29, 1.82) is 0 Å². The van der Waals surface area contributed by atoms with Crippen LogP contribution in [0.1, 0.15) is 41.0 Å². The van der Waals surface area contributed by atoms with E-state index in [1.54, 1.807) is 26.4 Å². The molecule has 2 amide bonds. The Kier molecular flexibility index (Phi) is 6.97. The van der Waals surface area contributed by atoms with Gasteiger partial charge in [0.05, 0.1) is 43.9 Å². The second-order valence-electron chi connectivity index (χ2n) is 10.1. The van der Waals surface area contributed by atoms with E-state index in [1.165, 1.54) is 0 Å². The molecule has 41 heavy (non-hydrogen) atoms. The molecule has 0 unspecified atom stereocenters. The first-order valence-electron chi connectivity index (χ1n) is 13.7. The summed E-state index contributed by atoms with van der Waals surface area (Å²) >= 11 is 0. The van der Waals surface area contributed by atoms with E-state index in [1.807, 2.05) is 39.9 Å². The highest BCUT2D eigenvalue weighted by Crippen LogP contribution is 2.39. The summed E-state index contributed by atoms with van der Waals surface area (Å²) in [6.45, 7) is 4.55. The third-order valence-electron chi connectivity index (χ3n) is 7.59. The maximum Gasteiger partial charge on any atom is 0.322 e. The summed E-state index contributed by atoms with van der Waals surface area (Å²) in [7, 11) is 3.17. The van der Waals surface area contributed by atoms with Crippen molar-refractivity contribution in [2.45, 2.75) is 32.9 Å². The van der Waals surface area contributed by atoms with Crippen molar-refractivity contribution in [1.82, 2.24) is 19.2 Å². The van der Waals surface area contributed by atoms with Crippen LogP contribution in [0, 0.1) is 6.92 Å². The Morgan fingerprint density at radius 3 is 2.41 bits per heavy atom. The zero-order valence-corrected chi connectivity index (χ0v) is 23.7. The number of hydrogen-bond acceptors (Lipinski definition) is 4. The predicted molar refractivity (Wildman–Crippen MR) is 159 cm³/mol. The van der Waals surface area contributed by atoms with E-state index >= 15 is 0 Å². The quantitative estimate of drug-likeness (QED) is 0.257. The first kappa shape index (κ1) is 26.3. The number of amides is 2. The predicted octanol–water partition coefficient (Wildman–Crippen LogP) is 6.69. The average Bonchev–Trinajstić information content (AvgIpc) is 3.59. The molecule has 3 heterocycles. The average molecular weight is 548 g/mol. The number of aromatic nitrogens is 3. The molecule has 8 heteroatoms. The van der Waals surface area contributed by atoms with Gasteiger partial charge in [-0.25, -0.2) is 9.48 Å². The molecule has 8 nitrogen and oxygen atoms in total. The third kappa shape index (κ3) is 4.71. The minimum Gasteiger partial charge on any atom is -0.493 e. The lowest BCUT2D eigenvalue weighted by atomic mass is 10.0. The minimum absolute atomic E-state index is 0.224. The number of para-hydroxylation sites is 1. The number of hydrogen-bond donors (Lipinski definition) is 1. The second-order valence-corrected chi connectivity index (χ2v) is 10.1. The van der Waals surface area contributed by atoms with E-state index in [9.17, 15) is 4.79 Å². The molecule has 0 saturated carbocycles. The number of ether oxygens (including phenoxy) is 2. The number of urea groups is 1. The molecule has 0 bridgehead atoms. The van der Waals surface area contributed by atoms with Crippen LogP contribution < -0.4 is 14.8 Å². The number of nitrogens with one attached hydrogen (secondary N) is 1. The van der Waals surface area contributed by atoms with Gasteiger partial charge in [-0.15, -0.1) is 0 Å². The maximum absolute atomic E-state index is 14.2. The Morgan fingerprint density at radius 1 is 0.951 bits per heavy atom. The van der Waals surface area contributed by atoms with Gasteiger partial charge in [-0.05, 0) is 55.3 Å². The second kappa shape index (κ2) is 10.9. The molecule has 0 aliphatic carbocycles. The molecule has 3 aromatic carbocycles. The van der Waals surface area contributed by atoms with Gasteiger partial charge in [-0.2, -0.15) is 5.10 Å². The monoisotopic (exact) mass is 547 g/mol. The topological polar surface area (TPSA) is 73.6 Å². The highest BCUT2D eigenvalue weighted by molar-refractivity contribution is 5.90. The van der Waals surface area contributed by atoms with Crippen molar-refractivity contribution < 1.29 is 14.3 Å². The zero-order chi connectivity index (χ0) is 28.5. The maximum atomic E-state index is 14.2. The van der Waals surface area contributed by atoms with Gasteiger partial charge < -0.3 is 24.3 Å². The Morgan fingerprint density at radius 2 is 1.71 bits per heavy atom. The van der Waals surface area contributed by atoms with Crippen LogP contribution >= 0.6 is 0 Å². The fraction of sp³-hybridized carbons (Fsp3) is 0.212. The van der Waals surface area contributed by atoms with Crippen molar-refractivity contribution in [3.63, 3.8) is 0 Å². The van der Waals surface area contributed by atoms with Crippen LogP contribution in [0.15, 0.2) is 91.1 Å². The minimum atomic E-state index is -0.341. The Balaban J connectivity index is 1.51. The summed E-state index contributed by atoms with van der Waals surface area (Å²) in [6.07, 6.45) is 2.80. The molecular weight excluding hydrogens is 514 g/mol. The molecule has 6 rings (SSSR count). The fourth-order valence-electron chi connectivity index (χ4n) is 5.56. The van der Waals surface area contributed by atoms with Crippen molar-refractivity contribution in [2.24, 2.45) is 0 Å². The molecule has 208 valence electrons. The van der Waals surface area contributed by atoms with Crippen LogP contribution in [-0.4, -0.2) is 39.5 Å². The Hall–Kier alpha value is -4.98. The van der Waals surface area contributed by atoms with Crippen LogP contribution in [-0.2, 0) is 13.0 Å². The molecule has 0 spiro atoms. The summed E-state index contributed by atoms with van der Waals surface area (Å²) in [5.41, 5.74) is 6.73. The van der Waals surface area contributed by atoms with Gasteiger partial charge in [0.2, 0.25) is 0 Å². The number of benzene rings is 3. The van der Waals surface area contributed by atoms with E-state index in [-0.39, 0.29) is 12.1 Å². The van der Waals surface area contributed by atoms with Gasteiger partial charge in [0.25, 0.3) is 0 Å². The summed E-state index contributed by atoms with van der Waals surface area (Å²) < 4.78 is 15.0. The number of nitrogens with zero attached hydrogens (tertiary/aromatic N) is 4. The lowest BCUT2D eigenvalue weighted by molar-refractivity contribution is 0.194. The number of fused-ring (bicyclic) bond motifs is 3.